The number of ether oxygens (including phenoxy) is 3. The largest absolute Gasteiger partial charge is 0.507 e. The first-order valence-corrected chi connectivity index (χ1v) is 8.65. The van der Waals surface area contributed by atoms with Crippen LogP contribution in [-0.2, 0) is 14.3 Å². The summed E-state index contributed by atoms with van der Waals surface area (Å²) < 4.78 is 16.0. The summed E-state index contributed by atoms with van der Waals surface area (Å²) in [5, 5.41) is 30.4. The molecule has 0 saturated carbocycles. The molecule has 1 aromatic carbocycles. The predicted octanol–water partition coefficient (Wildman–Crippen LogP) is 1.03. The van der Waals surface area contributed by atoms with Gasteiger partial charge in [0.05, 0.1) is 19.3 Å². The third-order valence-corrected chi connectivity index (χ3v) is 4.64. The van der Waals surface area contributed by atoms with Gasteiger partial charge in [-0.05, 0) is 19.1 Å². The van der Waals surface area contributed by atoms with Crippen LogP contribution in [0, 0.1) is 0 Å². The minimum atomic E-state index is -1.56. The number of phenols is 1. The molecule has 0 bridgehead atoms. The summed E-state index contributed by atoms with van der Waals surface area (Å²) in [6, 6.07) is 2.87. The maximum atomic E-state index is 12.6. The van der Waals surface area contributed by atoms with E-state index in [2.05, 4.69) is 0 Å². The summed E-state index contributed by atoms with van der Waals surface area (Å²) in [6.07, 6.45) is -1.72. The number of aliphatic hydroxyl groups excluding tert-OH is 2. The van der Waals surface area contributed by atoms with Gasteiger partial charge < -0.3 is 29.5 Å². The molecule has 3 rings (SSSR count). The fraction of sp³-hybridized carbons (Fsp3) is 0.474. The van der Waals surface area contributed by atoms with Crippen molar-refractivity contribution in [2.75, 3.05) is 7.11 Å². The average Bonchev–Trinajstić information content (AvgIpc) is 3.38. The molecule has 2 aliphatic heterocycles. The molecule has 5 atom stereocenters. The van der Waals surface area contributed by atoms with Crippen LogP contribution in [0.2, 0.25) is 0 Å². The number of aromatic hydroxyl groups is 1. The number of esters is 1. The van der Waals surface area contributed by atoms with Crippen molar-refractivity contribution < 1.29 is 39.1 Å². The zero-order chi connectivity index (χ0) is 19.7. The van der Waals surface area contributed by atoms with Crippen LogP contribution >= 0.6 is 0 Å². The van der Waals surface area contributed by atoms with Crippen molar-refractivity contribution >= 4 is 11.8 Å². The summed E-state index contributed by atoms with van der Waals surface area (Å²) in [5.41, 5.74) is 0.344. The first kappa shape index (κ1) is 19.3. The van der Waals surface area contributed by atoms with Gasteiger partial charge in [-0.15, -0.1) is 0 Å². The second-order valence-electron chi connectivity index (χ2n) is 6.71. The Kier molecular flexibility index (Phi) is 5.50. The standard InChI is InChI=1S/C19H22O8/c1-9-4-3-5-12(20)17(23)14(22)8-15-18(27-15)11-6-10(25-2)7-13(21)16(11)19(24)26-9/h3,5-7,9,14-15,17-18,21-23H,4,8H2,1-2H3/b5-3-/t9-,14-,15-,17+,18+/m0/s1. The lowest BCUT2D eigenvalue weighted by atomic mass is 9.97. The summed E-state index contributed by atoms with van der Waals surface area (Å²) in [5.74, 6) is -1.31. The Morgan fingerprint density at radius 3 is 2.67 bits per heavy atom. The van der Waals surface area contributed by atoms with E-state index >= 15 is 0 Å². The zero-order valence-electron chi connectivity index (χ0n) is 15.0. The molecule has 2 heterocycles. The molecule has 0 unspecified atom stereocenters. The van der Waals surface area contributed by atoms with Crippen LogP contribution < -0.4 is 4.74 Å². The van der Waals surface area contributed by atoms with Gasteiger partial charge in [0.15, 0.2) is 5.78 Å². The van der Waals surface area contributed by atoms with Crippen molar-refractivity contribution in [2.24, 2.45) is 0 Å². The summed E-state index contributed by atoms with van der Waals surface area (Å²) >= 11 is 0. The van der Waals surface area contributed by atoms with E-state index in [0.717, 1.165) is 6.08 Å². The lowest BCUT2D eigenvalue weighted by molar-refractivity contribution is -0.128. The molecule has 0 spiro atoms. The number of phenolic OH excluding ortho intramolecular Hbond substituents is 1. The van der Waals surface area contributed by atoms with Crippen molar-refractivity contribution in [1.82, 2.24) is 0 Å². The van der Waals surface area contributed by atoms with Gasteiger partial charge in [0.1, 0.15) is 35.4 Å². The second kappa shape index (κ2) is 7.67. The van der Waals surface area contributed by atoms with Gasteiger partial charge in [0.2, 0.25) is 0 Å². The molecule has 27 heavy (non-hydrogen) atoms. The van der Waals surface area contributed by atoms with Crippen LogP contribution in [0.1, 0.15) is 41.8 Å². The quantitative estimate of drug-likeness (QED) is 0.489. The van der Waals surface area contributed by atoms with Crippen molar-refractivity contribution in [3.8, 4) is 11.5 Å². The predicted molar refractivity (Wildman–Crippen MR) is 92.5 cm³/mol. The van der Waals surface area contributed by atoms with Gasteiger partial charge in [0.25, 0.3) is 0 Å². The molecule has 1 saturated heterocycles. The highest BCUT2D eigenvalue weighted by Crippen LogP contribution is 2.46. The maximum absolute atomic E-state index is 12.6. The van der Waals surface area contributed by atoms with Crippen molar-refractivity contribution in [3.63, 3.8) is 0 Å². The molecule has 0 amide bonds. The average molecular weight is 378 g/mol. The number of methoxy groups -OCH3 is 1. The monoisotopic (exact) mass is 378 g/mol. The summed E-state index contributed by atoms with van der Waals surface area (Å²) in [4.78, 5) is 24.5. The van der Waals surface area contributed by atoms with E-state index in [1.165, 1.54) is 19.3 Å². The number of carbonyl (C=O) groups is 2. The topological polar surface area (TPSA) is 126 Å². The zero-order valence-corrected chi connectivity index (χ0v) is 15.0. The molecule has 1 fully saturated rings. The van der Waals surface area contributed by atoms with Crippen LogP contribution in [0.25, 0.3) is 0 Å². The fourth-order valence-electron chi connectivity index (χ4n) is 3.10. The van der Waals surface area contributed by atoms with E-state index in [1.54, 1.807) is 13.0 Å². The van der Waals surface area contributed by atoms with Crippen LogP contribution in [-0.4, -0.2) is 58.6 Å². The Balaban J connectivity index is 1.98. The van der Waals surface area contributed by atoms with Crippen molar-refractivity contribution in [1.29, 1.82) is 0 Å². The molecule has 146 valence electrons. The van der Waals surface area contributed by atoms with E-state index in [-0.39, 0.29) is 24.2 Å². The van der Waals surface area contributed by atoms with Crippen LogP contribution in [0.4, 0.5) is 0 Å². The number of cyclic esters (lactones) is 1. The minimum absolute atomic E-state index is 0.00568. The van der Waals surface area contributed by atoms with E-state index < -0.39 is 42.3 Å². The molecule has 0 radical (unpaired) electrons. The van der Waals surface area contributed by atoms with E-state index in [4.69, 9.17) is 14.2 Å². The van der Waals surface area contributed by atoms with Gasteiger partial charge in [-0.2, -0.15) is 0 Å². The first-order chi connectivity index (χ1) is 12.8. The molecule has 2 aliphatic rings. The van der Waals surface area contributed by atoms with Crippen molar-refractivity contribution in [3.05, 3.63) is 35.4 Å². The van der Waals surface area contributed by atoms with Crippen LogP contribution in [0.5, 0.6) is 11.5 Å². The lowest BCUT2D eigenvalue weighted by Crippen LogP contribution is -2.34. The van der Waals surface area contributed by atoms with Gasteiger partial charge in [-0.1, -0.05) is 6.08 Å². The third-order valence-electron chi connectivity index (χ3n) is 4.64. The normalized spacial score (nSPS) is 32.5. The number of ketones is 1. The van der Waals surface area contributed by atoms with E-state index in [9.17, 15) is 24.9 Å². The highest BCUT2D eigenvalue weighted by molar-refractivity contribution is 5.95. The Hall–Kier alpha value is -2.42. The SMILES string of the molecule is COc1cc(O)c2c(c1)[C@H]1O[C@H]1C[C@H](O)[C@H](O)C(=O)/C=C\C[C@H](C)OC2=O. The molecule has 3 N–H and O–H groups in total. The first-order valence-electron chi connectivity index (χ1n) is 8.65. The number of rotatable bonds is 1. The third kappa shape index (κ3) is 4.13. The van der Waals surface area contributed by atoms with Crippen LogP contribution in [0.3, 0.4) is 0 Å². The summed E-state index contributed by atoms with van der Waals surface area (Å²) in [6.45, 7) is 1.64. The second-order valence-corrected chi connectivity index (χ2v) is 6.71. The Labute approximate surface area is 156 Å². The number of epoxide rings is 1. The molecule has 8 heteroatoms. The highest BCUT2D eigenvalue weighted by Gasteiger charge is 2.46. The number of carbonyl (C=O) groups excluding carboxylic acids is 2. The van der Waals surface area contributed by atoms with E-state index in [1.807, 2.05) is 0 Å². The smallest absolute Gasteiger partial charge is 0.342 e. The van der Waals surface area contributed by atoms with Gasteiger partial charge in [-0.25, -0.2) is 4.79 Å². The number of benzene rings is 1. The maximum Gasteiger partial charge on any atom is 0.342 e. The molecular formula is C19H22O8. The molecule has 8 nitrogen and oxygen atoms in total. The fourth-order valence-corrected chi connectivity index (χ4v) is 3.10. The Morgan fingerprint density at radius 1 is 1.22 bits per heavy atom. The van der Waals surface area contributed by atoms with E-state index in [0.29, 0.717) is 11.3 Å². The number of fused-ring (bicyclic) bond motifs is 3. The van der Waals surface area contributed by atoms with Gasteiger partial charge in [0, 0.05) is 24.5 Å². The van der Waals surface area contributed by atoms with Crippen molar-refractivity contribution in [2.45, 2.75) is 50.3 Å². The van der Waals surface area contributed by atoms with Gasteiger partial charge in [-0.3, -0.25) is 4.79 Å². The molecule has 0 aliphatic carbocycles. The lowest BCUT2D eigenvalue weighted by Gasteiger charge is -2.17. The minimum Gasteiger partial charge on any atom is -0.507 e. The number of hydrogen-bond donors (Lipinski definition) is 3. The molecule has 0 aromatic heterocycles. The van der Waals surface area contributed by atoms with Crippen LogP contribution in [0.15, 0.2) is 24.3 Å². The highest BCUT2D eigenvalue weighted by atomic mass is 16.6. The van der Waals surface area contributed by atoms with Gasteiger partial charge >= 0.3 is 5.97 Å². The summed E-state index contributed by atoms with van der Waals surface area (Å²) in [7, 11) is 1.42. The molecular weight excluding hydrogens is 356 g/mol. The number of aliphatic hydroxyl groups is 2. The number of hydrogen-bond acceptors (Lipinski definition) is 8. The Morgan fingerprint density at radius 2 is 1.96 bits per heavy atom. The Bertz CT molecular complexity index is 771. The molecule has 1 aromatic rings.